The van der Waals surface area contributed by atoms with E-state index in [0.717, 1.165) is 13.1 Å². The molecule has 0 aromatic heterocycles. The molecule has 4 rings (SSSR count). The maximum Gasteiger partial charge on any atom is 0.257 e. The maximum atomic E-state index is 12.9. The Morgan fingerprint density at radius 3 is 2.42 bits per heavy atom. The highest BCUT2D eigenvalue weighted by Gasteiger charge is 2.32. The van der Waals surface area contributed by atoms with Gasteiger partial charge in [0, 0.05) is 32.2 Å². The van der Waals surface area contributed by atoms with Crippen molar-refractivity contribution in [2.45, 2.75) is 18.9 Å². The van der Waals surface area contributed by atoms with Gasteiger partial charge < -0.3 is 14.4 Å². The smallest absolute Gasteiger partial charge is 0.257 e. The highest BCUT2D eigenvalue weighted by molar-refractivity contribution is 7.91. The van der Waals surface area contributed by atoms with Crippen LogP contribution in [-0.4, -0.2) is 81.1 Å². The molecule has 2 fully saturated rings. The second-order valence-corrected chi connectivity index (χ2v) is 9.34. The van der Waals surface area contributed by atoms with Crippen molar-refractivity contribution in [2.24, 2.45) is 0 Å². The van der Waals surface area contributed by atoms with Crippen LogP contribution < -0.4 is 9.47 Å². The normalized spacial score (nSPS) is 23.6. The van der Waals surface area contributed by atoms with E-state index in [-0.39, 0.29) is 17.4 Å². The Balaban J connectivity index is 1.39. The third-order valence-corrected chi connectivity index (χ3v) is 7.15. The van der Waals surface area contributed by atoms with Crippen LogP contribution in [0.3, 0.4) is 0 Å². The number of para-hydroxylation sites is 1. The summed E-state index contributed by atoms with van der Waals surface area (Å²) in [5.41, 5.74) is 0.555. The first-order chi connectivity index (χ1) is 12.5. The molecule has 3 aliphatic rings. The van der Waals surface area contributed by atoms with Gasteiger partial charge in [0.05, 0.1) is 17.1 Å². The van der Waals surface area contributed by atoms with Crippen LogP contribution in [0.1, 0.15) is 23.2 Å². The van der Waals surface area contributed by atoms with E-state index < -0.39 is 9.84 Å². The van der Waals surface area contributed by atoms with Crippen LogP contribution in [0, 0.1) is 0 Å². The molecule has 2 saturated heterocycles. The monoisotopic (exact) mass is 380 g/mol. The van der Waals surface area contributed by atoms with Crippen molar-refractivity contribution in [1.29, 1.82) is 0 Å². The zero-order valence-electron chi connectivity index (χ0n) is 14.7. The van der Waals surface area contributed by atoms with Crippen LogP contribution in [0.15, 0.2) is 18.2 Å². The van der Waals surface area contributed by atoms with E-state index in [2.05, 4.69) is 4.90 Å². The second kappa shape index (κ2) is 7.08. The molecule has 1 aromatic carbocycles. The summed E-state index contributed by atoms with van der Waals surface area (Å²) in [5, 5.41) is 0. The fourth-order valence-electron chi connectivity index (χ4n) is 3.95. The van der Waals surface area contributed by atoms with Crippen LogP contribution in [0.2, 0.25) is 0 Å². The highest BCUT2D eigenvalue weighted by Crippen LogP contribution is 2.34. The molecule has 0 spiro atoms. The van der Waals surface area contributed by atoms with Crippen LogP contribution >= 0.6 is 0 Å². The summed E-state index contributed by atoms with van der Waals surface area (Å²) in [6.07, 6.45) is 1.40. The number of hydrogen-bond donors (Lipinski definition) is 0. The number of nitrogens with zero attached hydrogens (tertiary/aromatic N) is 2. The number of benzene rings is 1. The largest absolute Gasteiger partial charge is 0.486 e. The van der Waals surface area contributed by atoms with E-state index in [1.807, 2.05) is 17.0 Å². The van der Waals surface area contributed by atoms with Gasteiger partial charge in [-0.2, -0.15) is 0 Å². The summed E-state index contributed by atoms with van der Waals surface area (Å²) >= 11 is 0. The van der Waals surface area contributed by atoms with E-state index in [0.29, 0.717) is 62.2 Å². The zero-order chi connectivity index (χ0) is 18.1. The van der Waals surface area contributed by atoms with Crippen molar-refractivity contribution in [1.82, 2.24) is 9.80 Å². The van der Waals surface area contributed by atoms with E-state index in [1.165, 1.54) is 0 Å². The molecular weight excluding hydrogens is 356 g/mol. The van der Waals surface area contributed by atoms with Crippen molar-refractivity contribution in [3.8, 4) is 11.5 Å². The lowest BCUT2D eigenvalue weighted by atomic mass is 10.1. The molecule has 0 unspecified atom stereocenters. The first-order valence-corrected chi connectivity index (χ1v) is 11.0. The number of amides is 1. The average Bonchev–Trinajstić information content (AvgIpc) is 2.67. The number of rotatable bonds is 2. The topological polar surface area (TPSA) is 76.2 Å². The van der Waals surface area contributed by atoms with Gasteiger partial charge in [-0.25, -0.2) is 8.42 Å². The lowest BCUT2D eigenvalue weighted by Gasteiger charge is -2.40. The summed E-state index contributed by atoms with van der Waals surface area (Å²) < 4.78 is 34.4. The van der Waals surface area contributed by atoms with Gasteiger partial charge in [0.2, 0.25) is 0 Å². The molecule has 8 heteroatoms. The Kier molecular flexibility index (Phi) is 4.79. The number of carbonyl (C=O) groups is 1. The van der Waals surface area contributed by atoms with Gasteiger partial charge in [0.15, 0.2) is 11.5 Å². The third kappa shape index (κ3) is 3.53. The first kappa shape index (κ1) is 17.6. The summed E-state index contributed by atoms with van der Waals surface area (Å²) in [4.78, 5) is 17.1. The third-order valence-electron chi connectivity index (χ3n) is 5.44. The summed E-state index contributed by atoms with van der Waals surface area (Å²) in [7, 11) is -2.84. The van der Waals surface area contributed by atoms with E-state index in [4.69, 9.17) is 9.47 Å². The molecule has 0 N–H and O–H groups in total. The summed E-state index contributed by atoms with van der Waals surface area (Å²) in [6.45, 7) is 3.81. The average molecular weight is 380 g/mol. The predicted molar refractivity (Wildman–Crippen MR) is 96.6 cm³/mol. The molecule has 3 aliphatic heterocycles. The molecule has 26 heavy (non-hydrogen) atoms. The molecule has 0 atom stereocenters. The minimum atomic E-state index is -2.84. The van der Waals surface area contributed by atoms with Crippen LogP contribution in [0.4, 0.5) is 0 Å². The predicted octanol–water partition coefficient (Wildman–Crippen LogP) is 0.793. The SMILES string of the molecule is O=C(c1cccc2c1OCCO2)N1CCN(C2CCS(=O)(=O)CC2)CC1. The van der Waals surface area contributed by atoms with Gasteiger partial charge in [-0.15, -0.1) is 0 Å². The van der Waals surface area contributed by atoms with E-state index >= 15 is 0 Å². The lowest BCUT2D eigenvalue weighted by Crippen LogP contribution is -2.53. The molecule has 142 valence electrons. The summed E-state index contributed by atoms with van der Waals surface area (Å²) in [5.74, 6) is 1.71. The minimum Gasteiger partial charge on any atom is -0.486 e. The highest BCUT2D eigenvalue weighted by atomic mass is 32.2. The van der Waals surface area contributed by atoms with Gasteiger partial charge >= 0.3 is 0 Å². The number of carbonyl (C=O) groups excluding carboxylic acids is 1. The molecule has 1 aromatic rings. The fourth-order valence-corrected chi connectivity index (χ4v) is 5.41. The van der Waals surface area contributed by atoms with E-state index in [1.54, 1.807) is 6.07 Å². The number of fused-ring (bicyclic) bond motifs is 1. The second-order valence-electron chi connectivity index (χ2n) is 7.04. The fraction of sp³-hybridized carbons (Fsp3) is 0.611. The first-order valence-electron chi connectivity index (χ1n) is 9.16. The lowest BCUT2D eigenvalue weighted by molar-refractivity contribution is 0.0550. The number of piperazine rings is 1. The van der Waals surface area contributed by atoms with Crippen molar-refractivity contribution in [3.05, 3.63) is 23.8 Å². The number of ether oxygens (including phenoxy) is 2. The Bertz CT molecular complexity index is 773. The molecular formula is C18H24N2O5S. The van der Waals surface area contributed by atoms with Crippen molar-refractivity contribution >= 4 is 15.7 Å². The van der Waals surface area contributed by atoms with Gasteiger partial charge in [-0.1, -0.05) is 6.07 Å². The molecule has 3 heterocycles. The Morgan fingerprint density at radius 1 is 1.00 bits per heavy atom. The van der Waals surface area contributed by atoms with Crippen molar-refractivity contribution in [2.75, 3.05) is 50.9 Å². The van der Waals surface area contributed by atoms with Crippen LogP contribution in [0.25, 0.3) is 0 Å². The molecule has 7 nitrogen and oxygen atoms in total. The van der Waals surface area contributed by atoms with Gasteiger partial charge in [-0.05, 0) is 25.0 Å². The minimum absolute atomic E-state index is 0.0294. The molecule has 0 bridgehead atoms. The molecule has 1 amide bonds. The standard InChI is InChI=1S/C18H24N2O5S/c21-18(15-2-1-3-16-17(15)25-11-10-24-16)20-8-6-19(7-9-20)14-4-12-26(22,23)13-5-14/h1-3,14H,4-13H2. The Hall–Kier alpha value is -1.80. The summed E-state index contributed by atoms with van der Waals surface area (Å²) in [6, 6.07) is 5.74. The van der Waals surface area contributed by atoms with Gasteiger partial charge in [0.25, 0.3) is 5.91 Å². The number of sulfone groups is 1. The van der Waals surface area contributed by atoms with Crippen molar-refractivity contribution < 1.29 is 22.7 Å². The molecule has 0 radical (unpaired) electrons. The van der Waals surface area contributed by atoms with Crippen LogP contribution in [0.5, 0.6) is 11.5 Å². The quantitative estimate of drug-likeness (QED) is 0.755. The Labute approximate surface area is 153 Å². The number of hydrogen-bond acceptors (Lipinski definition) is 6. The van der Waals surface area contributed by atoms with Gasteiger partial charge in [-0.3, -0.25) is 9.69 Å². The van der Waals surface area contributed by atoms with Gasteiger partial charge in [0.1, 0.15) is 23.1 Å². The Morgan fingerprint density at radius 2 is 1.69 bits per heavy atom. The van der Waals surface area contributed by atoms with E-state index in [9.17, 15) is 13.2 Å². The van der Waals surface area contributed by atoms with Crippen molar-refractivity contribution in [3.63, 3.8) is 0 Å². The maximum absolute atomic E-state index is 12.9. The molecule has 0 saturated carbocycles. The van der Waals surface area contributed by atoms with Crippen LogP contribution in [-0.2, 0) is 9.84 Å². The zero-order valence-corrected chi connectivity index (χ0v) is 15.5. The molecule has 0 aliphatic carbocycles.